The maximum atomic E-state index is 13.5. The second kappa shape index (κ2) is 18.3. The minimum atomic E-state index is -0.442. The number of unbranched alkanes of at least 4 members (excludes halogenated alkanes) is 7. The van der Waals surface area contributed by atoms with Gasteiger partial charge in [-0.05, 0) is 82.1 Å². The minimum absolute atomic E-state index is 0.0616. The lowest BCUT2D eigenvalue weighted by atomic mass is 9.79. The van der Waals surface area contributed by atoms with E-state index in [2.05, 4.69) is 17.9 Å². The Kier molecular flexibility index (Phi) is 14.6. The first-order chi connectivity index (χ1) is 22.6. The Balaban J connectivity index is 1.22. The van der Waals surface area contributed by atoms with Gasteiger partial charge in [-0.3, -0.25) is 9.69 Å². The smallest absolute Gasteiger partial charge is 0.445 e. The number of thiol groups is 1. The summed E-state index contributed by atoms with van der Waals surface area (Å²) in [7, 11) is -0.442. The van der Waals surface area contributed by atoms with Gasteiger partial charge in [0.05, 0.1) is 17.2 Å². The predicted molar refractivity (Wildman–Crippen MR) is 192 cm³/mol. The van der Waals surface area contributed by atoms with Gasteiger partial charge >= 0.3 is 13.2 Å². The van der Waals surface area contributed by atoms with Crippen LogP contribution in [-0.2, 0) is 32.0 Å². The summed E-state index contributed by atoms with van der Waals surface area (Å²) in [6, 6.07) is 18.4. The highest BCUT2D eigenvalue weighted by Crippen LogP contribution is 2.37. The third-order valence-electron chi connectivity index (χ3n) is 9.19. The highest BCUT2D eigenvalue weighted by atomic mass is 32.1. The molecule has 2 aliphatic rings. The normalized spacial score (nSPS) is 17.6. The summed E-state index contributed by atoms with van der Waals surface area (Å²) in [5.41, 5.74) is 1.96. The van der Waals surface area contributed by atoms with Crippen LogP contribution in [0.5, 0.6) is 0 Å². The highest BCUT2D eigenvalue weighted by molar-refractivity contribution is 7.80. The van der Waals surface area contributed by atoms with Crippen molar-refractivity contribution >= 4 is 37.2 Å². The SMILES string of the molecule is CC1(C)OB(c2ccc(COC(=O)N(Cc3ccccc3)[C]3[CH][CH][C](CNC(=O)CCCCCCCCCCS)[CH]3)cc2)OC1(C)C. The van der Waals surface area contributed by atoms with Crippen LogP contribution in [0, 0.1) is 31.2 Å². The van der Waals surface area contributed by atoms with Crippen LogP contribution in [-0.4, -0.2) is 47.5 Å². The zero-order valence-electron chi connectivity index (χ0n) is 28.6. The topological polar surface area (TPSA) is 77.1 Å². The Morgan fingerprint density at radius 2 is 1.43 bits per heavy atom. The molecule has 47 heavy (non-hydrogen) atoms. The number of carbonyl (C=O) groups excluding carboxylic acids is 2. The Morgan fingerprint density at radius 3 is 2.06 bits per heavy atom. The lowest BCUT2D eigenvalue weighted by Crippen LogP contribution is -2.41. The molecule has 1 saturated carbocycles. The summed E-state index contributed by atoms with van der Waals surface area (Å²) in [4.78, 5) is 27.6. The number of benzene rings is 2. The van der Waals surface area contributed by atoms with E-state index in [1.807, 2.05) is 102 Å². The molecule has 2 aromatic carbocycles. The Labute approximate surface area is 289 Å². The second-order valence-corrected chi connectivity index (χ2v) is 14.0. The van der Waals surface area contributed by atoms with E-state index in [9.17, 15) is 9.59 Å². The van der Waals surface area contributed by atoms with Crippen LogP contribution < -0.4 is 10.8 Å². The van der Waals surface area contributed by atoms with E-state index in [1.165, 1.54) is 38.5 Å². The number of rotatable bonds is 18. The number of nitrogens with zero attached hydrogens (tertiary/aromatic N) is 1. The molecule has 4 rings (SSSR count). The van der Waals surface area contributed by atoms with E-state index in [0.29, 0.717) is 19.5 Å². The van der Waals surface area contributed by atoms with Crippen LogP contribution in [0.1, 0.15) is 96.6 Å². The van der Waals surface area contributed by atoms with Crippen molar-refractivity contribution in [2.45, 2.75) is 110 Å². The van der Waals surface area contributed by atoms with Crippen molar-refractivity contribution in [3.63, 3.8) is 0 Å². The van der Waals surface area contributed by atoms with Crippen LogP contribution in [0.3, 0.4) is 0 Å². The molecule has 0 aromatic heterocycles. The molecule has 253 valence electrons. The van der Waals surface area contributed by atoms with E-state index in [0.717, 1.165) is 47.1 Å². The monoisotopic (exact) mass is 659 g/mol. The summed E-state index contributed by atoms with van der Waals surface area (Å²) < 4.78 is 18.1. The molecule has 0 unspecified atom stereocenters. The summed E-state index contributed by atoms with van der Waals surface area (Å²) in [6.07, 6.45) is 15.3. The summed E-state index contributed by atoms with van der Waals surface area (Å²) >= 11 is 4.26. The van der Waals surface area contributed by atoms with Gasteiger partial charge in [-0.15, -0.1) is 0 Å². The lowest BCUT2D eigenvalue weighted by Gasteiger charge is -2.32. The molecular weight excluding hydrogens is 607 g/mol. The fourth-order valence-corrected chi connectivity index (χ4v) is 5.73. The third kappa shape index (κ3) is 11.6. The van der Waals surface area contributed by atoms with Gasteiger partial charge in [0.15, 0.2) is 0 Å². The van der Waals surface area contributed by atoms with Crippen molar-refractivity contribution in [2.24, 2.45) is 0 Å². The number of hydrogen-bond donors (Lipinski definition) is 2. The van der Waals surface area contributed by atoms with Crippen LogP contribution in [0.15, 0.2) is 54.6 Å². The van der Waals surface area contributed by atoms with Crippen LogP contribution >= 0.6 is 12.6 Å². The largest absolute Gasteiger partial charge is 0.494 e. The van der Waals surface area contributed by atoms with Gasteiger partial charge in [0, 0.05) is 25.4 Å². The molecule has 0 atom stereocenters. The molecule has 1 aliphatic heterocycles. The van der Waals surface area contributed by atoms with Crippen LogP contribution in [0.4, 0.5) is 4.79 Å². The fraction of sp³-hybridized carbons (Fsp3) is 0.500. The van der Waals surface area contributed by atoms with E-state index in [4.69, 9.17) is 14.0 Å². The average Bonchev–Trinajstić information content (AvgIpc) is 3.61. The zero-order valence-corrected chi connectivity index (χ0v) is 29.5. The maximum Gasteiger partial charge on any atom is 0.494 e. The number of amides is 2. The quantitative estimate of drug-likeness (QED) is 0.0991. The Bertz CT molecular complexity index is 1230. The van der Waals surface area contributed by atoms with Gasteiger partial charge in [0.1, 0.15) is 6.61 Å². The average molecular weight is 660 g/mol. The summed E-state index contributed by atoms with van der Waals surface area (Å²) in [6.45, 7) is 9.06. The zero-order chi connectivity index (χ0) is 33.7. The van der Waals surface area contributed by atoms with E-state index in [1.54, 1.807) is 4.90 Å². The highest BCUT2D eigenvalue weighted by Gasteiger charge is 2.51. The molecule has 2 amide bonds. The first-order valence-electron chi connectivity index (χ1n) is 17.1. The van der Waals surface area contributed by atoms with Gasteiger partial charge < -0.3 is 19.4 Å². The lowest BCUT2D eigenvalue weighted by molar-refractivity contribution is -0.121. The molecule has 1 aliphatic carbocycles. The molecule has 1 saturated heterocycles. The molecule has 5 radical (unpaired) electrons. The molecular formula is C38H52BN2O5S. The van der Waals surface area contributed by atoms with E-state index >= 15 is 0 Å². The third-order valence-corrected chi connectivity index (χ3v) is 9.50. The van der Waals surface area contributed by atoms with Crippen LogP contribution in [0.2, 0.25) is 0 Å². The molecule has 2 aromatic rings. The first-order valence-corrected chi connectivity index (χ1v) is 17.8. The summed E-state index contributed by atoms with van der Waals surface area (Å²) in [5.74, 6) is 1.98. The van der Waals surface area contributed by atoms with Crippen molar-refractivity contribution in [2.75, 3.05) is 12.3 Å². The summed E-state index contributed by atoms with van der Waals surface area (Å²) in [5, 5.41) is 3.04. The van der Waals surface area contributed by atoms with Crippen molar-refractivity contribution < 1.29 is 23.6 Å². The standard InChI is InChI=1S/C38H52BN2O5S/c1-37(2)38(3,4)46-39(45-37)33-22-19-31(20-23-33)29-44-36(43)41(28-30-16-12-11-13-17-30)34-24-21-32(26-34)27-40-35(42)18-14-9-7-5-6-8-10-15-25-47/h11-13,16-17,19-24,26,47H,5-10,14-15,18,25,27-29H2,1-4H3,(H,40,42). The van der Waals surface area contributed by atoms with Crippen molar-refractivity contribution in [1.82, 2.24) is 10.2 Å². The maximum absolute atomic E-state index is 13.5. The minimum Gasteiger partial charge on any atom is -0.445 e. The molecule has 0 spiro atoms. The molecule has 0 bridgehead atoms. The van der Waals surface area contributed by atoms with E-state index in [-0.39, 0.29) is 12.5 Å². The first kappa shape index (κ1) is 37.3. The predicted octanol–water partition coefficient (Wildman–Crippen LogP) is 7.41. The Morgan fingerprint density at radius 1 is 0.809 bits per heavy atom. The molecule has 9 heteroatoms. The number of hydrogen-bond acceptors (Lipinski definition) is 6. The number of nitrogens with one attached hydrogen (secondary N) is 1. The van der Waals surface area contributed by atoms with Gasteiger partial charge in [-0.25, -0.2) is 4.79 Å². The second-order valence-electron chi connectivity index (χ2n) is 13.5. The van der Waals surface area contributed by atoms with E-state index < -0.39 is 24.4 Å². The van der Waals surface area contributed by atoms with Crippen molar-refractivity contribution in [1.29, 1.82) is 0 Å². The molecule has 1 N–H and O–H groups in total. The molecule has 2 fully saturated rings. The van der Waals surface area contributed by atoms with Gasteiger partial charge in [0.2, 0.25) is 5.91 Å². The fourth-order valence-electron chi connectivity index (χ4n) is 5.50. The Hall–Kier alpha value is -2.49. The number of carbonyl (C=O) groups is 2. The molecule has 1 heterocycles. The van der Waals surface area contributed by atoms with Gasteiger partial charge in [0.25, 0.3) is 0 Å². The van der Waals surface area contributed by atoms with Gasteiger partial charge in [-0.2, -0.15) is 12.6 Å². The van der Waals surface area contributed by atoms with Crippen molar-refractivity contribution in [3.8, 4) is 0 Å². The van der Waals surface area contributed by atoms with Crippen molar-refractivity contribution in [3.05, 3.63) is 96.9 Å². The number of ether oxygens (including phenoxy) is 1. The van der Waals surface area contributed by atoms with Crippen LogP contribution in [0.25, 0.3) is 0 Å². The van der Waals surface area contributed by atoms with Gasteiger partial charge in [-0.1, -0.05) is 93.1 Å². The molecule has 7 nitrogen and oxygen atoms in total.